The molecule has 0 unspecified atom stereocenters. The molecule has 1 N–H and O–H groups in total. The first-order chi connectivity index (χ1) is 15.4. The van der Waals surface area contributed by atoms with Crippen LogP contribution < -0.4 is 10.1 Å². The Kier molecular flexibility index (Phi) is 7.01. The van der Waals surface area contributed by atoms with Crippen LogP contribution in [0.15, 0.2) is 44.8 Å². The Morgan fingerprint density at radius 1 is 1.19 bits per heavy atom. The summed E-state index contributed by atoms with van der Waals surface area (Å²) in [6.45, 7) is 2.64. The van der Waals surface area contributed by atoms with Crippen molar-refractivity contribution in [3.63, 3.8) is 0 Å². The molecule has 1 aromatic carbocycles. The van der Waals surface area contributed by atoms with Gasteiger partial charge in [-0.05, 0) is 25.5 Å². The first-order valence-electron chi connectivity index (χ1n) is 9.44. The molecule has 7 nitrogen and oxygen atoms in total. The normalized spacial score (nSPS) is 11.0. The predicted molar refractivity (Wildman–Crippen MR) is 123 cm³/mol. The molecular formula is C20H16BrF2N5O2S2. The fourth-order valence-electron chi connectivity index (χ4n) is 2.94. The molecule has 166 valence electrons. The summed E-state index contributed by atoms with van der Waals surface area (Å²) in [4.78, 5) is 14.2. The number of hydrogen-bond donors (Lipinski definition) is 2. The third kappa shape index (κ3) is 5.08. The molecule has 0 aliphatic rings. The first kappa shape index (κ1) is 22.6. The molecular weight excluding hydrogens is 524 g/mol. The highest BCUT2D eigenvalue weighted by molar-refractivity contribution is 9.10. The van der Waals surface area contributed by atoms with E-state index in [1.165, 1.54) is 29.8 Å². The largest absolute Gasteiger partial charge is 0.492 e. The van der Waals surface area contributed by atoms with Crippen LogP contribution in [0, 0.1) is 11.6 Å². The van der Waals surface area contributed by atoms with E-state index in [-0.39, 0.29) is 17.2 Å². The van der Waals surface area contributed by atoms with Gasteiger partial charge in [0.15, 0.2) is 0 Å². The standard InChI is InChI=1S/C20H16BrF2N5O2S2/c1-2-29-15-8-16(32-18(15)19-27-20(31)30-28-19)14-7-17(26-9-25-14)24-4-3-11-12(22)5-10(21)6-13(11)23/h5-9H,2-4H2,1H3,(H,24,25,26)(H,27,28,31). The number of ether oxygens (including phenoxy) is 1. The molecule has 0 aliphatic heterocycles. The summed E-state index contributed by atoms with van der Waals surface area (Å²) < 4.78 is 39.0. The van der Waals surface area contributed by atoms with E-state index in [2.05, 4.69) is 54.0 Å². The van der Waals surface area contributed by atoms with Crippen LogP contribution in [0.3, 0.4) is 0 Å². The van der Waals surface area contributed by atoms with Crippen LogP contribution in [0.25, 0.3) is 21.3 Å². The quantitative estimate of drug-likeness (QED) is 0.280. The zero-order valence-corrected chi connectivity index (χ0v) is 19.9. The number of thiol groups is 1. The molecule has 0 atom stereocenters. The molecule has 3 heterocycles. The molecule has 0 saturated carbocycles. The lowest BCUT2D eigenvalue weighted by molar-refractivity contribution is 0.338. The molecule has 0 amide bonds. The molecule has 0 fully saturated rings. The second-order valence-corrected chi connectivity index (χ2v) is 8.80. The van der Waals surface area contributed by atoms with Crippen molar-refractivity contribution < 1.29 is 18.0 Å². The maximum atomic E-state index is 14.0. The molecule has 12 heteroatoms. The summed E-state index contributed by atoms with van der Waals surface area (Å²) in [5.41, 5.74) is 0.665. The number of benzene rings is 1. The summed E-state index contributed by atoms with van der Waals surface area (Å²) in [5.74, 6) is 0.319. The van der Waals surface area contributed by atoms with Gasteiger partial charge in [0.1, 0.15) is 34.4 Å². The number of aromatic nitrogens is 4. The van der Waals surface area contributed by atoms with Crippen LogP contribution in [-0.4, -0.2) is 33.3 Å². The molecule has 0 aliphatic carbocycles. The zero-order chi connectivity index (χ0) is 22.7. The van der Waals surface area contributed by atoms with Gasteiger partial charge in [-0.2, -0.15) is 4.98 Å². The highest BCUT2D eigenvalue weighted by atomic mass is 79.9. The number of thiophene rings is 1. The summed E-state index contributed by atoms with van der Waals surface area (Å²) in [6.07, 6.45) is 1.57. The SMILES string of the molecule is CCOc1cc(-c2cc(NCCc3c(F)cc(Br)cc3F)ncn2)sc1-c1noc(S)n1. The maximum Gasteiger partial charge on any atom is 0.282 e. The second-order valence-electron chi connectivity index (χ2n) is 6.45. The van der Waals surface area contributed by atoms with Gasteiger partial charge in [0.2, 0.25) is 5.82 Å². The molecule has 0 spiro atoms. The number of rotatable bonds is 8. The minimum absolute atomic E-state index is 0.0166. The summed E-state index contributed by atoms with van der Waals surface area (Å²) in [7, 11) is 0. The Labute approximate surface area is 199 Å². The minimum Gasteiger partial charge on any atom is -0.492 e. The molecule has 4 aromatic rings. The van der Waals surface area contributed by atoms with Gasteiger partial charge in [0, 0.05) is 28.7 Å². The Morgan fingerprint density at radius 3 is 2.66 bits per heavy atom. The highest BCUT2D eigenvalue weighted by Gasteiger charge is 2.19. The maximum absolute atomic E-state index is 14.0. The third-order valence-corrected chi connectivity index (χ3v) is 6.10. The van der Waals surface area contributed by atoms with Crippen molar-refractivity contribution in [2.75, 3.05) is 18.5 Å². The van der Waals surface area contributed by atoms with E-state index < -0.39 is 11.6 Å². The van der Waals surface area contributed by atoms with Crippen LogP contribution in [-0.2, 0) is 6.42 Å². The van der Waals surface area contributed by atoms with E-state index >= 15 is 0 Å². The Morgan fingerprint density at radius 2 is 1.97 bits per heavy atom. The van der Waals surface area contributed by atoms with Crippen molar-refractivity contribution in [1.29, 1.82) is 0 Å². The number of nitrogens with one attached hydrogen (secondary N) is 1. The molecule has 4 rings (SSSR count). The predicted octanol–water partition coefficient (Wildman–Crippen LogP) is 5.64. The van der Waals surface area contributed by atoms with Gasteiger partial charge < -0.3 is 14.6 Å². The topological polar surface area (TPSA) is 86.0 Å². The average molecular weight is 540 g/mol. The summed E-state index contributed by atoms with van der Waals surface area (Å²) >= 11 is 8.52. The van der Waals surface area contributed by atoms with Crippen LogP contribution in [0.4, 0.5) is 14.6 Å². The van der Waals surface area contributed by atoms with Crippen LogP contribution >= 0.6 is 39.9 Å². The Bertz CT molecular complexity index is 1230. The van der Waals surface area contributed by atoms with Crippen molar-refractivity contribution in [2.24, 2.45) is 0 Å². The van der Waals surface area contributed by atoms with E-state index in [0.717, 1.165) is 4.88 Å². The van der Waals surface area contributed by atoms with Crippen molar-refractivity contribution in [3.05, 3.63) is 52.3 Å². The summed E-state index contributed by atoms with van der Waals surface area (Å²) in [5, 5.41) is 7.14. The van der Waals surface area contributed by atoms with Gasteiger partial charge in [-0.3, -0.25) is 0 Å². The van der Waals surface area contributed by atoms with Crippen molar-refractivity contribution in [3.8, 4) is 27.0 Å². The monoisotopic (exact) mass is 539 g/mol. The van der Waals surface area contributed by atoms with Crippen molar-refractivity contribution in [2.45, 2.75) is 18.6 Å². The smallest absolute Gasteiger partial charge is 0.282 e. The summed E-state index contributed by atoms with van der Waals surface area (Å²) in [6, 6.07) is 6.08. The number of nitrogens with zero attached hydrogens (tertiary/aromatic N) is 4. The second kappa shape index (κ2) is 9.92. The zero-order valence-electron chi connectivity index (χ0n) is 16.6. The van der Waals surface area contributed by atoms with Crippen molar-refractivity contribution >= 4 is 45.7 Å². The van der Waals surface area contributed by atoms with E-state index in [4.69, 9.17) is 9.26 Å². The van der Waals surface area contributed by atoms with Gasteiger partial charge in [0.05, 0.1) is 17.2 Å². The van der Waals surface area contributed by atoms with Crippen LogP contribution in [0.5, 0.6) is 5.75 Å². The fraction of sp³-hybridized carbons (Fsp3) is 0.200. The van der Waals surface area contributed by atoms with Crippen LogP contribution in [0.2, 0.25) is 0 Å². The third-order valence-electron chi connectivity index (χ3n) is 4.32. The van der Waals surface area contributed by atoms with Gasteiger partial charge in [-0.25, -0.2) is 18.7 Å². The lowest BCUT2D eigenvalue weighted by Gasteiger charge is -2.08. The fourth-order valence-corrected chi connectivity index (χ4v) is 4.47. The van der Waals surface area contributed by atoms with E-state index in [9.17, 15) is 8.78 Å². The first-order valence-corrected chi connectivity index (χ1v) is 11.5. The molecule has 3 aromatic heterocycles. The lowest BCUT2D eigenvalue weighted by atomic mass is 10.1. The Hall–Kier alpha value is -2.57. The lowest BCUT2D eigenvalue weighted by Crippen LogP contribution is -2.09. The minimum atomic E-state index is -0.595. The van der Waals surface area contributed by atoms with Crippen LogP contribution in [0.1, 0.15) is 12.5 Å². The highest BCUT2D eigenvalue weighted by Crippen LogP contribution is 2.41. The molecule has 0 bridgehead atoms. The molecule has 0 radical (unpaired) electrons. The van der Waals surface area contributed by atoms with E-state index in [0.29, 0.717) is 45.6 Å². The molecule has 32 heavy (non-hydrogen) atoms. The van der Waals surface area contributed by atoms with Gasteiger partial charge in [0.25, 0.3) is 5.22 Å². The van der Waals surface area contributed by atoms with Gasteiger partial charge in [-0.15, -0.1) is 11.3 Å². The van der Waals surface area contributed by atoms with Gasteiger partial charge in [-0.1, -0.05) is 33.7 Å². The Balaban J connectivity index is 1.52. The van der Waals surface area contributed by atoms with Gasteiger partial charge >= 0.3 is 0 Å². The van der Waals surface area contributed by atoms with E-state index in [1.807, 2.05) is 13.0 Å². The molecule has 0 saturated heterocycles. The number of hydrogen-bond acceptors (Lipinski definition) is 9. The van der Waals surface area contributed by atoms with Crippen molar-refractivity contribution in [1.82, 2.24) is 20.1 Å². The number of halogens is 3. The average Bonchev–Trinajstić information content (AvgIpc) is 3.37. The number of anilines is 1. The van der Waals surface area contributed by atoms with E-state index in [1.54, 1.807) is 6.07 Å².